The summed E-state index contributed by atoms with van der Waals surface area (Å²) in [6.45, 7) is 1.04. The Labute approximate surface area is 101 Å². The van der Waals surface area contributed by atoms with Crippen LogP contribution in [0, 0.1) is 0 Å². The molecule has 0 bridgehead atoms. The van der Waals surface area contributed by atoms with E-state index in [0.717, 1.165) is 5.56 Å². The summed E-state index contributed by atoms with van der Waals surface area (Å²) in [4.78, 5) is 0. The molecule has 1 N–H and O–H groups in total. The van der Waals surface area contributed by atoms with Crippen LogP contribution in [-0.2, 0) is 20.8 Å². The van der Waals surface area contributed by atoms with Crippen molar-refractivity contribution in [2.45, 2.75) is 31.5 Å². The summed E-state index contributed by atoms with van der Waals surface area (Å²) < 4.78 is 16.0. The molecule has 1 heterocycles. The van der Waals surface area contributed by atoms with Crippen molar-refractivity contribution in [2.24, 2.45) is 0 Å². The molecule has 4 nitrogen and oxygen atoms in total. The third-order valence-corrected chi connectivity index (χ3v) is 2.79. The van der Waals surface area contributed by atoms with E-state index < -0.39 is 12.4 Å². The Balaban J connectivity index is 1.70. The van der Waals surface area contributed by atoms with Crippen molar-refractivity contribution in [1.29, 1.82) is 0 Å². The molecule has 1 aliphatic rings. The van der Waals surface area contributed by atoms with Crippen LogP contribution in [0.15, 0.2) is 30.3 Å². The second-order valence-corrected chi connectivity index (χ2v) is 4.17. The largest absolute Gasteiger partial charge is 0.388 e. The van der Waals surface area contributed by atoms with Gasteiger partial charge in [0, 0.05) is 13.5 Å². The van der Waals surface area contributed by atoms with E-state index >= 15 is 0 Å². The van der Waals surface area contributed by atoms with Crippen LogP contribution >= 0.6 is 0 Å². The zero-order chi connectivity index (χ0) is 12.1. The lowest BCUT2D eigenvalue weighted by Gasteiger charge is -2.13. The van der Waals surface area contributed by atoms with Crippen molar-refractivity contribution in [1.82, 2.24) is 0 Å². The van der Waals surface area contributed by atoms with Gasteiger partial charge < -0.3 is 19.3 Å². The van der Waals surface area contributed by atoms with Crippen molar-refractivity contribution in [3.05, 3.63) is 35.9 Å². The number of methoxy groups -OCH3 is 1. The zero-order valence-corrected chi connectivity index (χ0v) is 9.91. The van der Waals surface area contributed by atoms with Crippen LogP contribution in [0.1, 0.15) is 12.0 Å². The van der Waals surface area contributed by atoms with Crippen molar-refractivity contribution < 1.29 is 19.3 Å². The maximum absolute atomic E-state index is 9.57. The fraction of sp³-hybridized carbons (Fsp3) is 0.538. The minimum Gasteiger partial charge on any atom is -0.388 e. The number of hydrogen-bond acceptors (Lipinski definition) is 4. The Morgan fingerprint density at radius 3 is 2.76 bits per heavy atom. The minimum absolute atomic E-state index is 0.0846. The van der Waals surface area contributed by atoms with Crippen LogP contribution in [0.25, 0.3) is 0 Å². The van der Waals surface area contributed by atoms with Crippen molar-refractivity contribution in [3.63, 3.8) is 0 Å². The summed E-state index contributed by atoms with van der Waals surface area (Å²) in [5.74, 6) is 0. The molecule has 0 spiro atoms. The standard InChI is InChI=1S/C13H18O4/c1-15-13-12(14)7-11(17-13)9-16-8-10-5-3-2-4-6-10/h2-6,11-14H,7-9H2,1H3/t11-,12+,13-/m0/s1. The number of benzene rings is 1. The van der Waals surface area contributed by atoms with Gasteiger partial charge in [-0.05, 0) is 5.56 Å². The molecule has 4 heteroatoms. The average molecular weight is 238 g/mol. The molecule has 0 unspecified atom stereocenters. The molecular formula is C13H18O4. The summed E-state index contributed by atoms with van der Waals surface area (Å²) in [6, 6.07) is 9.97. The van der Waals surface area contributed by atoms with Gasteiger partial charge in [0.2, 0.25) is 0 Å². The Kier molecular flexibility index (Phi) is 4.50. The van der Waals surface area contributed by atoms with E-state index in [1.165, 1.54) is 7.11 Å². The summed E-state index contributed by atoms with van der Waals surface area (Å²) in [6.07, 6.45) is -0.586. The summed E-state index contributed by atoms with van der Waals surface area (Å²) in [7, 11) is 1.53. The van der Waals surface area contributed by atoms with E-state index in [-0.39, 0.29) is 6.10 Å². The molecule has 1 aromatic carbocycles. The van der Waals surface area contributed by atoms with Crippen molar-refractivity contribution in [2.75, 3.05) is 13.7 Å². The van der Waals surface area contributed by atoms with Gasteiger partial charge in [0.1, 0.15) is 6.10 Å². The number of ether oxygens (including phenoxy) is 3. The molecule has 1 aromatic rings. The van der Waals surface area contributed by atoms with Crippen LogP contribution < -0.4 is 0 Å². The first-order chi connectivity index (χ1) is 8.29. The van der Waals surface area contributed by atoms with E-state index in [4.69, 9.17) is 14.2 Å². The van der Waals surface area contributed by atoms with E-state index in [1.807, 2.05) is 30.3 Å². The molecule has 0 amide bonds. The van der Waals surface area contributed by atoms with Crippen LogP contribution in [-0.4, -0.2) is 37.3 Å². The summed E-state index contributed by atoms with van der Waals surface area (Å²) in [5.41, 5.74) is 1.13. The van der Waals surface area contributed by atoms with Crippen molar-refractivity contribution in [3.8, 4) is 0 Å². The van der Waals surface area contributed by atoms with E-state index in [9.17, 15) is 5.11 Å². The topological polar surface area (TPSA) is 47.9 Å². The quantitative estimate of drug-likeness (QED) is 0.840. The average Bonchev–Trinajstić information content (AvgIpc) is 2.71. The molecule has 17 heavy (non-hydrogen) atoms. The van der Waals surface area contributed by atoms with E-state index in [2.05, 4.69) is 0 Å². The lowest BCUT2D eigenvalue weighted by molar-refractivity contribution is -0.156. The van der Waals surface area contributed by atoms with Crippen LogP contribution in [0.3, 0.4) is 0 Å². The van der Waals surface area contributed by atoms with Crippen LogP contribution in [0.4, 0.5) is 0 Å². The lowest BCUT2D eigenvalue weighted by Crippen LogP contribution is -2.22. The first-order valence-electron chi connectivity index (χ1n) is 5.77. The first-order valence-corrected chi connectivity index (χ1v) is 5.77. The summed E-state index contributed by atoms with van der Waals surface area (Å²) >= 11 is 0. The van der Waals surface area contributed by atoms with Crippen LogP contribution in [0.5, 0.6) is 0 Å². The molecule has 1 saturated heterocycles. The zero-order valence-electron chi connectivity index (χ0n) is 9.91. The fourth-order valence-corrected chi connectivity index (χ4v) is 1.92. The highest BCUT2D eigenvalue weighted by atomic mass is 16.7. The lowest BCUT2D eigenvalue weighted by atomic mass is 10.2. The maximum Gasteiger partial charge on any atom is 0.183 e. The number of rotatable bonds is 5. The monoisotopic (exact) mass is 238 g/mol. The van der Waals surface area contributed by atoms with Gasteiger partial charge in [0.15, 0.2) is 6.29 Å². The third kappa shape index (κ3) is 3.51. The molecule has 3 atom stereocenters. The predicted molar refractivity (Wildman–Crippen MR) is 62.4 cm³/mol. The maximum atomic E-state index is 9.57. The Bertz CT molecular complexity index is 327. The highest BCUT2D eigenvalue weighted by molar-refractivity contribution is 5.13. The fourth-order valence-electron chi connectivity index (χ4n) is 1.92. The number of hydrogen-bond donors (Lipinski definition) is 1. The molecule has 1 aliphatic heterocycles. The van der Waals surface area contributed by atoms with Gasteiger partial charge in [-0.25, -0.2) is 0 Å². The van der Waals surface area contributed by atoms with Gasteiger partial charge in [-0.2, -0.15) is 0 Å². The van der Waals surface area contributed by atoms with Crippen molar-refractivity contribution >= 4 is 0 Å². The molecule has 0 radical (unpaired) electrons. The molecule has 94 valence electrons. The SMILES string of the molecule is CO[C@H]1O[C@H](COCc2ccccc2)C[C@H]1O. The molecule has 0 aliphatic carbocycles. The Morgan fingerprint density at radius 2 is 2.12 bits per heavy atom. The van der Waals surface area contributed by atoms with Gasteiger partial charge in [-0.3, -0.25) is 0 Å². The van der Waals surface area contributed by atoms with Gasteiger partial charge >= 0.3 is 0 Å². The Hall–Kier alpha value is -0.940. The van der Waals surface area contributed by atoms with Crippen LogP contribution in [0.2, 0.25) is 0 Å². The highest BCUT2D eigenvalue weighted by Gasteiger charge is 2.33. The molecule has 0 saturated carbocycles. The summed E-state index contributed by atoms with van der Waals surface area (Å²) in [5, 5.41) is 9.57. The normalized spacial score (nSPS) is 28.5. The molecule has 0 aromatic heterocycles. The highest BCUT2D eigenvalue weighted by Crippen LogP contribution is 2.21. The predicted octanol–water partition coefficient (Wildman–Crippen LogP) is 1.33. The third-order valence-electron chi connectivity index (χ3n) is 2.79. The van der Waals surface area contributed by atoms with Gasteiger partial charge in [0.25, 0.3) is 0 Å². The molecule has 2 rings (SSSR count). The minimum atomic E-state index is -0.551. The van der Waals surface area contributed by atoms with Gasteiger partial charge in [-0.15, -0.1) is 0 Å². The van der Waals surface area contributed by atoms with E-state index in [1.54, 1.807) is 0 Å². The molecule has 1 fully saturated rings. The van der Waals surface area contributed by atoms with Gasteiger partial charge in [0.05, 0.1) is 19.3 Å². The first kappa shape index (κ1) is 12.5. The Morgan fingerprint density at radius 1 is 1.35 bits per heavy atom. The number of aliphatic hydroxyl groups excluding tert-OH is 1. The number of aliphatic hydroxyl groups is 1. The second kappa shape index (κ2) is 6.12. The van der Waals surface area contributed by atoms with E-state index in [0.29, 0.717) is 19.6 Å². The smallest absolute Gasteiger partial charge is 0.183 e. The molecular weight excluding hydrogens is 220 g/mol. The second-order valence-electron chi connectivity index (χ2n) is 4.17. The van der Waals surface area contributed by atoms with Gasteiger partial charge in [-0.1, -0.05) is 30.3 Å².